The fourth-order valence-corrected chi connectivity index (χ4v) is 1.02. The van der Waals surface area contributed by atoms with E-state index < -0.39 is 0 Å². The highest BCUT2D eigenvalue weighted by molar-refractivity contribution is 5.33. The zero-order valence-electron chi connectivity index (χ0n) is 8.12. The molecule has 0 radical (unpaired) electrons. The van der Waals surface area contributed by atoms with Crippen LogP contribution in [-0.4, -0.2) is 22.6 Å². The van der Waals surface area contributed by atoms with E-state index in [1.54, 1.807) is 6.20 Å². The molecule has 0 atom stereocenters. The summed E-state index contributed by atoms with van der Waals surface area (Å²) in [5.41, 5.74) is 5.41. The van der Waals surface area contributed by atoms with Crippen molar-refractivity contribution in [1.82, 2.24) is 9.97 Å². The predicted octanol–water partition coefficient (Wildman–Crippen LogP) is 0.798. The number of nitrogens with one attached hydrogen (secondary N) is 1. The molecule has 0 saturated carbocycles. The molecule has 72 valence electrons. The Bertz CT molecular complexity index is 260. The van der Waals surface area contributed by atoms with E-state index in [4.69, 9.17) is 5.73 Å². The van der Waals surface area contributed by atoms with Crippen LogP contribution in [0.15, 0.2) is 12.3 Å². The van der Waals surface area contributed by atoms with Crippen molar-refractivity contribution in [3.63, 3.8) is 0 Å². The highest BCUT2D eigenvalue weighted by Crippen LogP contribution is 2.03. The van der Waals surface area contributed by atoms with Crippen LogP contribution in [-0.2, 0) is 6.42 Å². The Kier molecular flexibility index (Phi) is 3.64. The third-order valence-electron chi connectivity index (χ3n) is 1.51. The fraction of sp³-hybridized carbons (Fsp3) is 0.556. The number of hydrogen-bond acceptors (Lipinski definition) is 4. The maximum absolute atomic E-state index is 5.41. The van der Waals surface area contributed by atoms with E-state index in [0.29, 0.717) is 12.6 Å². The summed E-state index contributed by atoms with van der Waals surface area (Å²) in [6.45, 7) is 4.74. The molecule has 0 fully saturated rings. The highest BCUT2D eigenvalue weighted by atomic mass is 15.0. The minimum absolute atomic E-state index is 0.389. The number of nitrogens with zero attached hydrogens (tertiary/aromatic N) is 2. The van der Waals surface area contributed by atoms with Crippen LogP contribution >= 0.6 is 0 Å². The maximum Gasteiger partial charge on any atom is 0.131 e. The Labute approximate surface area is 78.6 Å². The lowest BCUT2D eigenvalue weighted by atomic mass is 10.3. The van der Waals surface area contributed by atoms with Gasteiger partial charge in [-0.25, -0.2) is 9.97 Å². The van der Waals surface area contributed by atoms with Crippen molar-refractivity contribution in [2.45, 2.75) is 26.3 Å². The van der Waals surface area contributed by atoms with Crippen molar-refractivity contribution in [3.8, 4) is 0 Å². The summed E-state index contributed by atoms with van der Waals surface area (Å²) in [6, 6.07) is 2.25. The Balaban J connectivity index is 2.67. The van der Waals surface area contributed by atoms with Gasteiger partial charge in [0.2, 0.25) is 0 Å². The molecule has 0 aliphatic rings. The van der Waals surface area contributed by atoms with E-state index >= 15 is 0 Å². The molecular weight excluding hydrogens is 164 g/mol. The molecule has 0 amide bonds. The Morgan fingerprint density at radius 3 is 2.92 bits per heavy atom. The molecule has 13 heavy (non-hydrogen) atoms. The summed E-state index contributed by atoms with van der Waals surface area (Å²) in [5, 5.41) is 3.21. The zero-order valence-corrected chi connectivity index (χ0v) is 8.12. The first kappa shape index (κ1) is 9.92. The minimum Gasteiger partial charge on any atom is -0.368 e. The van der Waals surface area contributed by atoms with E-state index in [1.807, 2.05) is 6.07 Å². The van der Waals surface area contributed by atoms with E-state index in [2.05, 4.69) is 29.1 Å². The summed E-state index contributed by atoms with van der Waals surface area (Å²) in [6.07, 6.45) is 2.48. The van der Waals surface area contributed by atoms with Crippen molar-refractivity contribution in [3.05, 3.63) is 18.1 Å². The van der Waals surface area contributed by atoms with Crippen LogP contribution in [0.4, 0.5) is 5.82 Å². The molecular formula is C9H16N4. The van der Waals surface area contributed by atoms with Crippen molar-refractivity contribution < 1.29 is 0 Å². The molecule has 1 rings (SSSR count). The molecule has 0 aliphatic carbocycles. The van der Waals surface area contributed by atoms with Crippen LogP contribution in [0, 0.1) is 0 Å². The summed E-state index contributed by atoms with van der Waals surface area (Å²) >= 11 is 0. The van der Waals surface area contributed by atoms with E-state index in [1.165, 1.54) is 0 Å². The predicted molar refractivity (Wildman–Crippen MR) is 53.5 cm³/mol. The van der Waals surface area contributed by atoms with Gasteiger partial charge in [0, 0.05) is 18.7 Å². The summed E-state index contributed by atoms with van der Waals surface area (Å²) in [7, 11) is 0. The van der Waals surface area contributed by atoms with Crippen LogP contribution in [0.25, 0.3) is 0 Å². The van der Waals surface area contributed by atoms with Crippen LogP contribution in [0.2, 0.25) is 0 Å². The van der Waals surface area contributed by atoms with Crippen molar-refractivity contribution in [2.75, 3.05) is 11.9 Å². The number of aromatic nitrogens is 2. The standard InChI is InChI=1S/C9H16N4/c1-7(2)12-9-4-6-11-8(13-9)3-5-10/h4,6-7H,3,5,10H2,1-2H3,(H,11,12,13). The molecule has 1 aromatic heterocycles. The Hall–Kier alpha value is -1.16. The van der Waals surface area contributed by atoms with E-state index in [-0.39, 0.29) is 0 Å². The average molecular weight is 180 g/mol. The topological polar surface area (TPSA) is 63.8 Å². The monoisotopic (exact) mass is 180 g/mol. The molecule has 1 heterocycles. The van der Waals surface area contributed by atoms with Crippen LogP contribution < -0.4 is 11.1 Å². The molecule has 0 saturated heterocycles. The normalized spacial score (nSPS) is 10.5. The first-order chi connectivity index (χ1) is 6.22. The molecule has 4 heteroatoms. The molecule has 0 spiro atoms. The van der Waals surface area contributed by atoms with Gasteiger partial charge in [-0.15, -0.1) is 0 Å². The average Bonchev–Trinajstić information content (AvgIpc) is 2.04. The van der Waals surface area contributed by atoms with Gasteiger partial charge in [-0.3, -0.25) is 0 Å². The second-order valence-corrected chi connectivity index (χ2v) is 3.20. The molecule has 0 aliphatic heterocycles. The summed E-state index contributed by atoms with van der Waals surface area (Å²) < 4.78 is 0. The zero-order chi connectivity index (χ0) is 9.68. The second kappa shape index (κ2) is 4.77. The van der Waals surface area contributed by atoms with Crippen LogP contribution in [0.3, 0.4) is 0 Å². The van der Waals surface area contributed by atoms with Gasteiger partial charge in [0.05, 0.1) is 0 Å². The molecule has 4 nitrogen and oxygen atoms in total. The third-order valence-corrected chi connectivity index (χ3v) is 1.51. The smallest absolute Gasteiger partial charge is 0.131 e. The molecule has 1 aromatic rings. The van der Waals surface area contributed by atoms with E-state index in [0.717, 1.165) is 18.1 Å². The van der Waals surface area contributed by atoms with Crippen LogP contribution in [0.1, 0.15) is 19.7 Å². The summed E-state index contributed by atoms with van der Waals surface area (Å²) in [4.78, 5) is 8.41. The van der Waals surface area contributed by atoms with Gasteiger partial charge < -0.3 is 11.1 Å². The number of rotatable bonds is 4. The first-order valence-corrected chi connectivity index (χ1v) is 4.51. The lowest BCUT2D eigenvalue weighted by molar-refractivity contribution is 0.844. The van der Waals surface area contributed by atoms with Gasteiger partial charge in [-0.2, -0.15) is 0 Å². The lowest BCUT2D eigenvalue weighted by Crippen LogP contribution is -2.13. The molecule has 0 unspecified atom stereocenters. The van der Waals surface area contributed by atoms with Crippen molar-refractivity contribution >= 4 is 5.82 Å². The van der Waals surface area contributed by atoms with Gasteiger partial charge >= 0.3 is 0 Å². The van der Waals surface area contributed by atoms with Gasteiger partial charge in [0.15, 0.2) is 0 Å². The number of hydrogen-bond donors (Lipinski definition) is 2. The molecule has 3 N–H and O–H groups in total. The second-order valence-electron chi connectivity index (χ2n) is 3.20. The SMILES string of the molecule is CC(C)Nc1ccnc(CCN)n1. The number of anilines is 1. The molecule has 0 bridgehead atoms. The fourth-order valence-electron chi connectivity index (χ4n) is 1.02. The third kappa shape index (κ3) is 3.38. The lowest BCUT2D eigenvalue weighted by Gasteiger charge is -2.08. The first-order valence-electron chi connectivity index (χ1n) is 4.51. The molecule has 0 aromatic carbocycles. The minimum atomic E-state index is 0.389. The quantitative estimate of drug-likeness (QED) is 0.719. The van der Waals surface area contributed by atoms with Gasteiger partial charge in [-0.1, -0.05) is 0 Å². The van der Waals surface area contributed by atoms with Gasteiger partial charge in [0.1, 0.15) is 11.6 Å². The Morgan fingerprint density at radius 2 is 2.31 bits per heavy atom. The van der Waals surface area contributed by atoms with E-state index in [9.17, 15) is 0 Å². The van der Waals surface area contributed by atoms with Crippen LogP contribution in [0.5, 0.6) is 0 Å². The Morgan fingerprint density at radius 1 is 1.54 bits per heavy atom. The van der Waals surface area contributed by atoms with Crippen molar-refractivity contribution in [1.29, 1.82) is 0 Å². The highest BCUT2D eigenvalue weighted by Gasteiger charge is 1.99. The maximum atomic E-state index is 5.41. The largest absolute Gasteiger partial charge is 0.368 e. The van der Waals surface area contributed by atoms with Crippen molar-refractivity contribution in [2.24, 2.45) is 5.73 Å². The summed E-state index contributed by atoms with van der Waals surface area (Å²) in [5.74, 6) is 1.67. The number of nitrogens with two attached hydrogens (primary N) is 1. The van der Waals surface area contributed by atoms with Gasteiger partial charge in [-0.05, 0) is 26.5 Å². The van der Waals surface area contributed by atoms with Gasteiger partial charge in [0.25, 0.3) is 0 Å².